The summed E-state index contributed by atoms with van der Waals surface area (Å²) in [6.07, 6.45) is 0. The third kappa shape index (κ3) is 2.72. The predicted octanol–water partition coefficient (Wildman–Crippen LogP) is 3.71. The molecule has 20 heavy (non-hydrogen) atoms. The van der Waals surface area contributed by atoms with Crippen LogP contribution < -0.4 is 10.5 Å². The summed E-state index contributed by atoms with van der Waals surface area (Å²) in [6.45, 7) is 0. The second-order valence-corrected chi connectivity index (χ2v) is 5.28. The highest BCUT2D eigenvalue weighted by atomic mass is 32.2. The highest BCUT2D eigenvalue weighted by Crippen LogP contribution is 2.28. The van der Waals surface area contributed by atoms with Crippen molar-refractivity contribution in [3.05, 3.63) is 48.0 Å². The Balaban J connectivity index is 1.77. The monoisotopic (exact) mass is 286 g/mol. The fourth-order valence-corrected chi connectivity index (χ4v) is 2.71. The van der Waals surface area contributed by atoms with Crippen molar-refractivity contribution in [1.29, 1.82) is 0 Å². The molecule has 2 N–H and O–H groups in total. The number of fused-ring (bicyclic) bond motifs is 1. The van der Waals surface area contributed by atoms with Gasteiger partial charge in [-0.1, -0.05) is 23.9 Å². The Morgan fingerprint density at radius 2 is 2.10 bits per heavy atom. The Hall–Kier alpha value is -2.14. The van der Waals surface area contributed by atoms with Crippen molar-refractivity contribution in [3.63, 3.8) is 0 Å². The van der Waals surface area contributed by atoms with E-state index in [-0.39, 0.29) is 0 Å². The molecule has 0 atom stereocenters. The lowest BCUT2D eigenvalue weighted by atomic mass is 10.2. The van der Waals surface area contributed by atoms with Gasteiger partial charge in [-0.25, -0.2) is 4.98 Å². The number of oxazole rings is 1. The van der Waals surface area contributed by atoms with E-state index >= 15 is 0 Å². The number of nitrogen functional groups attached to an aromatic ring is 1. The van der Waals surface area contributed by atoms with Gasteiger partial charge in [0.25, 0.3) is 5.22 Å². The van der Waals surface area contributed by atoms with Crippen LogP contribution in [-0.4, -0.2) is 12.1 Å². The number of hydrogen-bond acceptors (Lipinski definition) is 5. The third-order valence-electron chi connectivity index (χ3n) is 2.86. The molecule has 0 radical (unpaired) electrons. The van der Waals surface area contributed by atoms with Crippen LogP contribution >= 0.6 is 11.8 Å². The van der Waals surface area contributed by atoms with Crippen LogP contribution in [0.3, 0.4) is 0 Å². The minimum Gasteiger partial charge on any atom is -0.497 e. The van der Waals surface area contributed by atoms with E-state index in [2.05, 4.69) is 4.98 Å². The lowest BCUT2D eigenvalue weighted by molar-refractivity contribution is 0.414. The van der Waals surface area contributed by atoms with Gasteiger partial charge in [-0.15, -0.1) is 0 Å². The van der Waals surface area contributed by atoms with Crippen molar-refractivity contribution in [2.75, 3.05) is 12.8 Å². The van der Waals surface area contributed by atoms with Gasteiger partial charge in [0, 0.05) is 17.5 Å². The molecule has 0 saturated carbocycles. The molecule has 1 aromatic heterocycles. The van der Waals surface area contributed by atoms with Crippen molar-refractivity contribution in [3.8, 4) is 5.75 Å². The highest BCUT2D eigenvalue weighted by molar-refractivity contribution is 7.98. The number of aromatic nitrogens is 1. The second kappa shape index (κ2) is 5.46. The van der Waals surface area contributed by atoms with E-state index in [1.807, 2.05) is 36.4 Å². The van der Waals surface area contributed by atoms with Gasteiger partial charge in [0.1, 0.15) is 11.3 Å². The number of rotatable bonds is 4. The number of ether oxygens (including phenoxy) is 1. The van der Waals surface area contributed by atoms with Crippen LogP contribution in [0.5, 0.6) is 5.75 Å². The maximum Gasteiger partial charge on any atom is 0.257 e. The maximum atomic E-state index is 5.84. The first kappa shape index (κ1) is 12.9. The van der Waals surface area contributed by atoms with Gasteiger partial charge < -0.3 is 14.9 Å². The van der Waals surface area contributed by atoms with Crippen LogP contribution in [0.4, 0.5) is 5.69 Å². The van der Waals surface area contributed by atoms with Gasteiger partial charge in [-0.2, -0.15) is 0 Å². The molecular formula is C15H14N2O2S. The summed E-state index contributed by atoms with van der Waals surface area (Å²) in [7, 11) is 1.63. The van der Waals surface area contributed by atoms with Gasteiger partial charge >= 0.3 is 0 Å². The van der Waals surface area contributed by atoms with Crippen LogP contribution in [0.15, 0.2) is 52.1 Å². The molecule has 3 aromatic rings. The van der Waals surface area contributed by atoms with E-state index in [9.17, 15) is 0 Å². The standard InChI is InChI=1S/C15H14N2O2S/c1-18-12-7-10(6-11(16)8-12)9-20-15-17-13-4-2-3-5-14(13)19-15/h2-8H,9,16H2,1H3. The molecule has 2 aromatic carbocycles. The molecule has 0 aliphatic heterocycles. The zero-order valence-electron chi connectivity index (χ0n) is 11.0. The summed E-state index contributed by atoms with van der Waals surface area (Å²) in [5.41, 5.74) is 9.29. The molecule has 3 rings (SSSR count). The average molecular weight is 286 g/mol. The molecule has 5 heteroatoms. The van der Waals surface area contributed by atoms with Gasteiger partial charge in [-0.05, 0) is 29.8 Å². The highest BCUT2D eigenvalue weighted by Gasteiger charge is 2.07. The Morgan fingerprint density at radius 3 is 2.90 bits per heavy atom. The summed E-state index contributed by atoms with van der Waals surface area (Å²) in [5.74, 6) is 1.49. The molecular weight excluding hydrogens is 272 g/mol. The molecule has 1 heterocycles. The van der Waals surface area contributed by atoms with E-state index in [0.29, 0.717) is 10.9 Å². The van der Waals surface area contributed by atoms with Gasteiger partial charge in [0.2, 0.25) is 0 Å². The van der Waals surface area contributed by atoms with Gasteiger partial charge in [0.05, 0.1) is 7.11 Å². The number of thioether (sulfide) groups is 1. The SMILES string of the molecule is COc1cc(N)cc(CSc2nc3ccccc3o2)c1. The molecule has 0 fully saturated rings. The van der Waals surface area contributed by atoms with E-state index in [1.165, 1.54) is 11.8 Å². The molecule has 0 amide bonds. The summed E-state index contributed by atoms with van der Waals surface area (Å²) < 4.78 is 10.9. The van der Waals surface area contributed by atoms with Crippen molar-refractivity contribution in [2.45, 2.75) is 11.0 Å². The minimum atomic E-state index is 0.660. The predicted molar refractivity (Wildman–Crippen MR) is 81.0 cm³/mol. The normalized spacial score (nSPS) is 10.8. The molecule has 0 unspecified atom stereocenters. The molecule has 0 bridgehead atoms. The molecule has 102 valence electrons. The van der Waals surface area contributed by atoms with E-state index in [1.54, 1.807) is 13.2 Å². The largest absolute Gasteiger partial charge is 0.497 e. The van der Waals surface area contributed by atoms with Crippen molar-refractivity contribution < 1.29 is 9.15 Å². The Bertz CT molecular complexity index is 707. The number of nitrogens with zero attached hydrogens (tertiary/aromatic N) is 1. The van der Waals surface area contributed by atoms with Crippen LogP contribution in [0.1, 0.15) is 5.56 Å². The second-order valence-electron chi connectivity index (χ2n) is 4.35. The molecule has 0 aliphatic rings. The Morgan fingerprint density at radius 1 is 1.25 bits per heavy atom. The van der Waals surface area contributed by atoms with Crippen LogP contribution in [-0.2, 0) is 5.75 Å². The smallest absolute Gasteiger partial charge is 0.257 e. The third-order valence-corrected chi connectivity index (χ3v) is 3.76. The number of hydrogen-bond donors (Lipinski definition) is 1. The summed E-state index contributed by atoms with van der Waals surface area (Å²) in [4.78, 5) is 4.43. The summed E-state index contributed by atoms with van der Waals surface area (Å²) in [5, 5.41) is 0.660. The van der Waals surface area contributed by atoms with Crippen molar-refractivity contribution >= 4 is 28.5 Å². The first-order valence-electron chi connectivity index (χ1n) is 6.16. The number of benzene rings is 2. The van der Waals surface area contributed by atoms with E-state index in [4.69, 9.17) is 14.9 Å². The lowest BCUT2D eigenvalue weighted by Crippen LogP contribution is -1.91. The van der Waals surface area contributed by atoms with Crippen molar-refractivity contribution in [1.82, 2.24) is 4.98 Å². The number of anilines is 1. The van der Waals surface area contributed by atoms with E-state index in [0.717, 1.165) is 28.2 Å². The van der Waals surface area contributed by atoms with Gasteiger partial charge in [-0.3, -0.25) is 0 Å². The molecule has 0 aliphatic carbocycles. The van der Waals surface area contributed by atoms with Crippen LogP contribution in [0, 0.1) is 0 Å². The average Bonchev–Trinajstić information content (AvgIpc) is 2.87. The number of methoxy groups -OCH3 is 1. The first-order valence-corrected chi connectivity index (χ1v) is 7.15. The number of para-hydroxylation sites is 2. The fraction of sp³-hybridized carbons (Fsp3) is 0.133. The molecule has 4 nitrogen and oxygen atoms in total. The zero-order valence-corrected chi connectivity index (χ0v) is 11.8. The Kier molecular flexibility index (Phi) is 3.52. The van der Waals surface area contributed by atoms with Crippen molar-refractivity contribution in [2.24, 2.45) is 0 Å². The Labute approximate surface area is 120 Å². The number of nitrogens with two attached hydrogens (primary N) is 1. The topological polar surface area (TPSA) is 61.3 Å². The summed E-state index contributed by atoms with van der Waals surface area (Å²) >= 11 is 1.54. The zero-order chi connectivity index (χ0) is 13.9. The van der Waals surface area contributed by atoms with Crippen LogP contribution in [0.25, 0.3) is 11.1 Å². The first-order chi connectivity index (χ1) is 9.74. The minimum absolute atomic E-state index is 0.660. The molecule has 0 saturated heterocycles. The molecule has 0 spiro atoms. The van der Waals surface area contributed by atoms with E-state index < -0.39 is 0 Å². The summed E-state index contributed by atoms with van der Waals surface area (Å²) in [6, 6.07) is 13.4. The maximum absolute atomic E-state index is 5.84. The van der Waals surface area contributed by atoms with Crippen LogP contribution in [0.2, 0.25) is 0 Å². The lowest BCUT2D eigenvalue weighted by Gasteiger charge is -2.05. The van der Waals surface area contributed by atoms with Gasteiger partial charge in [0.15, 0.2) is 5.58 Å². The fourth-order valence-electron chi connectivity index (χ4n) is 1.95. The quantitative estimate of drug-likeness (QED) is 0.585.